The molecule has 2 aromatic rings. The Kier molecular flexibility index (Phi) is 2.89. The van der Waals surface area contributed by atoms with E-state index in [0.29, 0.717) is 5.69 Å². The average molecular weight is 272 g/mol. The van der Waals surface area contributed by atoms with Gasteiger partial charge in [0, 0.05) is 11.8 Å². The van der Waals surface area contributed by atoms with Crippen LogP contribution in [0.3, 0.4) is 0 Å². The Balaban J connectivity index is 1.96. The van der Waals surface area contributed by atoms with Gasteiger partial charge in [0.2, 0.25) is 6.79 Å². The van der Waals surface area contributed by atoms with Gasteiger partial charge in [-0.1, -0.05) is 0 Å². The number of pyridine rings is 1. The number of anilines is 2. The molecule has 2 heterocycles. The molecule has 20 heavy (non-hydrogen) atoms. The molecule has 104 valence electrons. The zero-order valence-corrected chi connectivity index (χ0v) is 11.7. The van der Waals surface area contributed by atoms with Crippen LogP contribution in [0.4, 0.5) is 11.5 Å². The fourth-order valence-corrected chi connectivity index (χ4v) is 2.16. The zero-order valence-electron chi connectivity index (χ0n) is 11.7. The van der Waals surface area contributed by atoms with Crippen LogP contribution in [0.15, 0.2) is 18.2 Å². The van der Waals surface area contributed by atoms with Crippen molar-refractivity contribution in [3.8, 4) is 17.2 Å². The predicted octanol–water partition coefficient (Wildman–Crippen LogP) is 3.18. The standard InChI is InChI=1S/C15H16N2O3/c1-8-9(2)15(16-10(3)14(8)18)17-11-4-5-12-13(6-11)20-7-19-12/h4-6,18H,7H2,1-3H3,(H,16,17). The summed E-state index contributed by atoms with van der Waals surface area (Å²) in [6.45, 7) is 5.85. The van der Waals surface area contributed by atoms with Gasteiger partial charge >= 0.3 is 0 Å². The maximum Gasteiger partial charge on any atom is 0.231 e. The molecule has 0 saturated carbocycles. The first-order chi connectivity index (χ1) is 9.56. The molecule has 1 aliphatic heterocycles. The van der Waals surface area contributed by atoms with Crippen LogP contribution in [0.2, 0.25) is 0 Å². The third kappa shape index (κ3) is 2.01. The summed E-state index contributed by atoms with van der Waals surface area (Å²) in [5.74, 6) is 2.45. The molecule has 0 atom stereocenters. The van der Waals surface area contributed by atoms with E-state index >= 15 is 0 Å². The second kappa shape index (κ2) is 4.59. The van der Waals surface area contributed by atoms with Crippen LogP contribution >= 0.6 is 0 Å². The number of hydrogen-bond acceptors (Lipinski definition) is 5. The second-order valence-electron chi connectivity index (χ2n) is 4.84. The number of fused-ring (bicyclic) bond motifs is 1. The number of nitrogens with zero attached hydrogens (tertiary/aromatic N) is 1. The number of hydrogen-bond donors (Lipinski definition) is 2. The first-order valence-corrected chi connectivity index (χ1v) is 6.39. The summed E-state index contributed by atoms with van der Waals surface area (Å²) < 4.78 is 10.6. The van der Waals surface area contributed by atoms with Crippen LogP contribution in [0.25, 0.3) is 0 Å². The summed E-state index contributed by atoms with van der Waals surface area (Å²) in [4.78, 5) is 4.39. The van der Waals surface area contributed by atoms with Gasteiger partial charge in [-0.2, -0.15) is 0 Å². The van der Waals surface area contributed by atoms with Crippen molar-refractivity contribution in [2.24, 2.45) is 0 Å². The van der Waals surface area contributed by atoms with E-state index in [0.717, 1.165) is 34.1 Å². The molecule has 2 N–H and O–H groups in total. The van der Waals surface area contributed by atoms with E-state index in [4.69, 9.17) is 9.47 Å². The fourth-order valence-electron chi connectivity index (χ4n) is 2.16. The van der Waals surface area contributed by atoms with Crippen molar-refractivity contribution in [3.05, 3.63) is 35.0 Å². The molecule has 0 bridgehead atoms. The zero-order chi connectivity index (χ0) is 14.3. The SMILES string of the molecule is Cc1nc(Nc2ccc3c(c2)OCO3)c(C)c(C)c1O. The van der Waals surface area contributed by atoms with Crippen LogP contribution in [0.5, 0.6) is 17.2 Å². The summed E-state index contributed by atoms with van der Waals surface area (Å²) in [6.07, 6.45) is 0. The van der Waals surface area contributed by atoms with Crippen molar-refractivity contribution in [2.75, 3.05) is 12.1 Å². The number of aryl methyl sites for hydroxylation is 1. The van der Waals surface area contributed by atoms with E-state index < -0.39 is 0 Å². The average Bonchev–Trinajstić information content (AvgIpc) is 2.90. The van der Waals surface area contributed by atoms with Crippen molar-refractivity contribution < 1.29 is 14.6 Å². The monoisotopic (exact) mass is 272 g/mol. The Labute approximate surface area is 117 Å². The van der Waals surface area contributed by atoms with Crippen LogP contribution < -0.4 is 14.8 Å². The molecule has 0 radical (unpaired) electrons. The molecular weight excluding hydrogens is 256 g/mol. The molecule has 0 saturated heterocycles. The number of nitrogens with one attached hydrogen (secondary N) is 1. The summed E-state index contributed by atoms with van der Waals surface area (Å²) in [7, 11) is 0. The highest BCUT2D eigenvalue weighted by Crippen LogP contribution is 2.36. The summed E-state index contributed by atoms with van der Waals surface area (Å²) in [6, 6.07) is 5.65. The van der Waals surface area contributed by atoms with Crippen LogP contribution in [0.1, 0.15) is 16.8 Å². The third-order valence-corrected chi connectivity index (χ3v) is 3.53. The van der Waals surface area contributed by atoms with Crippen molar-refractivity contribution in [1.82, 2.24) is 4.98 Å². The van der Waals surface area contributed by atoms with E-state index in [1.54, 1.807) is 6.92 Å². The Hall–Kier alpha value is -2.43. The van der Waals surface area contributed by atoms with Crippen molar-refractivity contribution in [3.63, 3.8) is 0 Å². The van der Waals surface area contributed by atoms with E-state index in [2.05, 4.69) is 10.3 Å². The fraction of sp³-hybridized carbons (Fsp3) is 0.267. The molecule has 0 aliphatic carbocycles. The lowest BCUT2D eigenvalue weighted by atomic mass is 10.1. The Morgan fingerprint density at radius 3 is 2.65 bits per heavy atom. The first-order valence-electron chi connectivity index (χ1n) is 6.39. The van der Waals surface area contributed by atoms with Gasteiger partial charge in [0.15, 0.2) is 11.5 Å². The van der Waals surface area contributed by atoms with Gasteiger partial charge in [-0.05, 0) is 44.0 Å². The van der Waals surface area contributed by atoms with Gasteiger partial charge in [0.1, 0.15) is 11.6 Å². The topological polar surface area (TPSA) is 63.6 Å². The predicted molar refractivity (Wildman–Crippen MR) is 76.0 cm³/mol. The number of aromatic hydroxyl groups is 1. The van der Waals surface area contributed by atoms with E-state index in [-0.39, 0.29) is 12.5 Å². The molecule has 5 heteroatoms. The van der Waals surface area contributed by atoms with Gasteiger partial charge in [-0.15, -0.1) is 0 Å². The summed E-state index contributed by atoms with van der Waals surface area (Å²) >= 11 is 0. The van der Waals surface area contributed by atoms with Gasteiger partial charge < -0.3 is 19.9 Å². The molecule has 0 amide bonds. The molecule has 0 spiro atoms. The van der Waals surface area contributed by atoms with Gasteiger partial charge in [0.25, 0.3) is 0 Å². The van der Waals surface area contributed by atoms with E-state index in [1.165, 1.54) is 0 Å². The van der Waals surface area contributed by atoms with Crippen LogP contribution in [-0.2, 0) is 0 Å². The maximum atomic E-state index is 9.88. The van der Waals surface area contributed by atoms with Gasteiger partial charge in [-0.3, -0.25) is 0 Å². The Bertz CT molecular complexity index is 683. The highest BCUT2D eigenvalue weighted by molar-refractivity contribution is 5.66. The Morgan fingerprint density at radius 2 is 1.85 bits per heavy atom. The Morgan fingerprint density at radius 1 is 1.10 bits per heavy atom. The summed E-state index contributed by atoms with van der Waals surface area (Å²) in [5, 5.41) is 13.1. The molecule has 1 aliphatic rings. The first kappa shape index (κ1) is 12.6. The van der Waals surface area contributed by atoms with Crippen LogP contribution in [0, 0.1) is 20.8 Å². The number of aromatic nitrogens is 1. The molecule has 0 unspecified atom stereocenters. The van der Waals surface area contributed by atoms with E-state index in [9.17, 15) is 5.11 Å². The van der Waals surface area contributed by atoms with Crippen molar-refractivity contribution in [2.45, 2.75) is 20.8 Å². The molecule has 1 aromatic heterocycles. The highest BCUT2D eigenvalue weighted by Gasteiger charge is 2.15. The molecule has 3 rings (SSSR count). The lowest BCUT2D eigenvalue weighted by Gasteiger charge is -2.14. The number of ether oxygens (including phenoxy) is 2. The number of rotatable bonds is 2. The molecule has 0 fully saturated rings. The molecule has 5 nitrogen and oxygen atoms in total. The third-order valence-electron chi connectivity index (χ3n) is 3.53. The minimum absolute atomic E-state index is 0.249. The minimum Gasteiger partial charge on any atom is -0.506 e. The number of benzene rings is 1. The minimum atomic E-state index is 0.249. The molecule has 1 aromatic carbocycles. The normalized spacial score (nSPS) is 12.6. The highest BCUT2D eigenvalue weighted by atomic mass is 16.7. The maximum absolute atomic E-state index is 9.88. The van der Waals surface area contributed by atoms with Gasteiger partial charge in [-0.25, -0.2) is 4.98 Å². The second-order valence-corrected chi connectivity index (χ2v) is 4.84. The lowest BCUT2D eigenvalue weighted by Crippen LogP contribution is -2.00. The smallest absolute Gasteiger partial charge is 0.231 e. The quantitative estimate of drug-likeness (QED) is 0.879. The summed E-state index contributed by atoms with van der Waals surface area (Å²) in [5.41, 5.74) is 3.23. The van der Waals surface area contributed by atoms with Gasteiger partial charge in [0.05, 0.1) is 5.69 Å². The molecular formula is C15H16N2O3. The van der Waals surface area contributed by atoms with Crippen LogP contribution in [-0.4, -0.2) is 16.9 Å². The van der Waals surface area contributed by atoms with E-state index in [1.807, 2.05) is 32.0 Å². The van der Waals surface area contributed by atoms with Crippen molar-refractivity contribution >= 4 is 11.5 Å². The largest absolute Gasteiger partial charge is 0.506 e. The van der Waals surface area contributed by atoms with Crippen molar-refractivity contribution in [1.29, 1.82) is 0 Å². The lowest BCUT2D eigenvalue weighted by molar-refractivity contribution is 0.174.